The number of pyridine rings is 1. The van der Waals surface area contributed by atoms with Crippen molar-refractivity contribution in [1.82, 2.24) is 4.98 Å². The molecule has 0 aliphatic rings. The molecule has 1 heterocycles. The number of aromatic nitrogens is 1. The standard InChI is InChI=1S/C10H12N4O/c11-7-9-8(3-1-5-14-9)13-6-2-4-10(12)15/h1,3,5,13H,2,4,6H2,(H2,12,15). The van der Waals surface area contributed by atoms with E-state index in [1.807, 2.05) is 6.07 Å². The molecule has 0 bridgehead atoms. The average Bonchev–Trinajstić information content (AvgIpc) is 2.24. The van der Waals surface area contributed by atoms with Gasteiger partial charge in [-0.3, -0.25) is 4.79 Å². The molecule has 0 aromatic carbocycles. The zero-order chi connectivity index (χ0) is 11.1. The Morgan fingerprint density at radius 2 is 2.47 bits per heavy atom. The Hall–Kier alpha value is -2.09. The Kier molecular flexibility index (Phi) is 4.10. The normalized spacial score (nSPS) is 9.27. The fourth-order valence-electron chi connectivity index (χ4n) is 1.12. The number of nitrogens with zero attached hydrogens (tertiary/aromatic N) is 2. The molecule has 0 saturated carbocycles. The van der Waals surface area contributed by atoms with E-state index < -0.39 is 0 Å². The van der Waals surface area contributed by atoms with Crippen molar-refractivity contribution in [3.63, 3.8) is 0 Å². The zero-order valence-corrected chi connectivity index (χ0v) is 8.23. The first-order valence-electron chi connectivity index (χ1n) is 4.61. The van der Waals surface area contributed by atoms with Crippen LogP contribution in [0, 0.1) is 11.3 Å². The minimum Gasteiger partial charge on any atom is -0.383 e. The first-order chi connectivity index (χ1) is 7.24. The second-order valence-electron chi connectivity index (χ2n) is 3.01. The first kappa shape index (κ1) is 11.0. The Balaban J connectivity index is 2.44. The van der Waals surface area contributed by atoms with Crippen LogP contribution in [0.4, 0.5) is 5.69 Å². The summed E-state index contributed by atoms with van der Waals surface area (Å²) in [6.45, 7) is 0.601. The van der Waals surface area contributed by atoms with Crippen molar-refractivity contribution in [2.24, 2.45) is 5.73 Å². The van der Waals surface area contributed by atoms with Crippen molar-refractivity contribution in [2.75, 3.05) is 11.9 Å². The molecular formula is C10H12N4O. The van der Waals surface area contributed by atoms with Gasteiger partial charge in [-0.1, -0.05) is 0 Å². The van der Waals surface area contributed by atoms with E-state index in [0.717, 1.165) is 0 Å². The van der Waals surface area contributed by atoms with Gasteiger partial charge in [-0.05, 0) is 18.6 Å². The number of carbonyl (C=O) groups excluding carboxylic acids is 1. The van der Waals surface area contributed by atoms with Gasteiger partial charge in [0.1, 0.15) is 6.07 Å². The minimum absolute atomic E-state index is 0.316. The van der Waals surface area contributed by atoms with Crippen LogP contribution in [0.3, 0.4) is 0 Å². The minimum atomic E-state index is -0.316. The molecule has 1 amide bonds. The molecule has 1 aromatic heterocycles. The molecule has 5 heteroatoms. The van der Waals surface area contributed by atoms with E-state index in [9.17, 15) is 4.79 Å². The number of anilines is 1. The molecule has 78 valence electrons. The van der Waals surface area contributed by atoms with Gasteiger partial charge in [-0.2, -0.15) is 5.26 Å². The number of nitrogens with one attached hydrogen (secondary N) is 1. The van der Waals surface area contributed by atoms with Gasteiger partial charge < -0.3 is 11.1 Å². The highest BCUT2D eigenvalue weighted by atomic mass is 16.1. The molecule has 0 radical (unpaired) electrons. The van der Waals surface area contributed by atoms with Crippen molar-refractivity contribution in [1.29, 1.82) is 5.26 Å². The third-order valence-corrected chi connectivity index (χ3v) is 1.83. The van der Waals surface area contributed by atoms with Gasteiger partial charge in [0.25, 0.3) is 0 Å². The van der Waals surface area contributed by atoms with Crippen LogP contribution in [0.25, 0.3) is 0 Å². The van der Waals surface area contributed by atoms with Crippen LogP contribution >= 0.6 is 0 Å². The van der Waals surface area contributed by atoms with E-state index in [0.29, 0.717) is 30.8 Å². The first-order valence-corrected chi connectivity index (χ1v) is 4.61. The van der Waals surface area contributed by atoms with Crippen LogP contribution in [0.5, 0.6) is 0 Å². The number of nitriles is 1. The summed E-state index contributed by atoms with van der Waals surface area (Å²) in [6.07, 6.45) is 2.55. The van der Waals surface area contributed by atoms with Gasteiger partial charge in [-0.15, -0.1) is 0 Å². The van der Waals surface area contributed by atoms with Crippen LogP contribution in [-0.2, 0) is 4.79 Å². The molecule has 0 aliphatic heterocycles. The molecule has 15 heavy (non-hydrogen) atoms. The lowest BCUT2D eigenvalue weighted by Gasteiger charge is -2.05. The zero-order valence-electron chi connectivity index (χ0n) is 8.23. The van der Waals surface area contributed by atoms with Gasteiger partial charge in [0.15, 0.2) is 5.69 Å². The highest BCUT2D eigenvalue weighted by molar-refractivity contribution is 5.73. The number of rotatable bonds is 5. The van der Waals surface area contributed by atoms with Crippen LogP contribution in [0.1, 0.15) is 18.5 Å². The van der Waals surface area contributed by atoms with Crippen LogP contribution in [0.15, 0.2) is 18.3 Å². The molecule has 0 spiro atoms. The van der Waals surface area contributed by atoms with Crippen molar-refractivity contribution >= 4 is 11.6 Å². The SMILES string of the molecule is N#Cc1ncccc1NCCCC(N)=O. The fourth-order valence-corrected chi connectivity index (χ4v) is 1.12. The molecule has 0 unspecified atom stereocenters. The van der Waals surface area contributed by atoms with E-state index in [1.54, 1.807) is 18.3 Å². The Bertz CT molecular complexity index is 383. The number of primary amides is 1. The maximum atomic E-state index is 10.5. The Labute approximate surface area is 87.9 Å². The van der Waals surface area contributed by atoms with Crippen molar-refractivity contribution in [3.05, 3.63) is 24.0 Å². The molecule has 1 aromatic rings. The van der Waals surface area contributed by atoms with E-state index in [1.165, 1.54) is 0 Å². The second-order valence-corrected chi connectivity index (χ2v) is 3.01. The predicted octanol–water partition coefficient (Wildman–Crippen LogP) is 0.631. The maximum Gasteiger partial charge on any atom is 0.217 e. The van der Waals surface area contributed by atoms with E-state index in [4.69, 9.17) is 11.0 Å². The van der Waals surface area contributed by atoms with Crippen LogP contribution < -0.4 is 11.1 Å². The van der Waals surface area contributed by atoms with E-state index in [-0.39, 0.29) is 5.91 Å². The molecule has 0 saturated heterocycles. The lowest BCUT2D eigenvalue weighted by Crippen LogP contribution is -2.13. The topological polar surface area (TPSA) is 91.8 Å². The summed E-state index contributed by atoms with van der Waals surface area (Å²) >= 11 is 0. The van der Waals surface area contributed by atoms with Gasteiger partial charge >= 0.3 is 0 Å². The van der Waals surface area contributed by atoms with Crippen molar-refractivity contribution < 1.29 is 4.79 Å². The summed E-state index contributed by atoms with van der Waals surface area (Å²) in [6, 6.07) is 5.50. The molecule has 0 atom stereocenters. The largest absolute Gasteiger partial charge is 0.383 e. The number of hydrogen-bond donors (Lipinski definition) is 2. The summed E-state index contributed by atoms with van der Waals surface area (Å²) in [5.41, 5.74) is 6.04. The maximum absolute atomic E-state index is 10.5. The average molecular weight is 204 g/mol. The summed E-state index contributed by atoms with van der Waals surface area (Å²) in [7, 11) is 0. The molecule has 0 aliphatic carbocycles. The van der Waals surface area contributed by atoms with Crippen LogP contribution in [0.2, 0.25) is 0 Å². The summed E-state index contributed by atoms with van der Waals surface area (Å²) in [5, 5.41) is 11.8. The number of hydrogen-bond acceptors (Lipinski definition) is 4. The summed E-state index contributed by atoms with van der Waals surface area (Å²) in [5.74, 6) is -0.316. The van der Waals surface area contributed by atoms with E-state index in [2.05, 4.69) is 10.3 Å². The molecule has 1 rings (SSSR count). The smallest absolute Gasteiger partial charge is 0.217 e. The number of nitrogens with two attached hydrogens (primary N) is 1. The van der Waals surface area contributed by atoms with Crippen molar-refractivity contribution in [2.45, 2.75) is 12.8 Å². The number of carbonyl (C=O) groups is 1. The highest BCUT2D eigenvalue weighted by Gasteiger charge is 2.00. The lowest BCUT2D eigenvalue weighted by molar-refractivity contribution is -0.118. The summed E-state index contributed by atoms with van der Waals surface area (Å²) in [4.78, 5) is 14.4. The number of amides is 1. The Morgan fingerprint density at radius 3 is 3.13 bits per heavy atom. The fraction of sp³-hybridized carbons (Fsp3) is 0.300. The second kappa shape index (κ2) is 5.60. The van der Waals surface area contributed by atoms with E-state index >= 15 is 0 Å². The highest BCUT2D eigenvalue weighted by Crippen LogP contribution is 2.10. The summed E-state index contributed by atoms with van der Waals surface area (Å²) < 4.78 is 0. The molecule has 5 nitrogen and oxygen atoms in total. The van der Waals surface area contributed by atoms with Crippen molar-refractivity contribution in [3.8, 4) is 6.07 Å². The monoisotopic (exact) mass is 204 g/mol. The third kappa shape index (κ3) is 3.65. The molecule has 0 fully saturated rings. The predicted molar refractivity (Wildman–Crippen MR) is 55.9 cm³/mol. The molecule has 3 N–H and O–H groups in total. The Morgan fingerprint density at radius 1 is 1.67 bits per heavy atom. The van der Waals surface area contributed by atoms with Gasteiger partial charge in [-0.25, -0.2) is 4.98 Å². The van der Waals surface area contributed by atoms with Crippen LogP contribution in [-0.4, -0.2) is 17.4 Å². The van der Waals surface area contributed by atoms with Gasteiger partial charge in [0.2, 0.25) is 5.91 Å². The van der Waals surface area contributed by atoms with Gasteiger partial charge in [0.05, 0.1) is 5.69 Å². The van der Waals surface area contributed by atoms with Gasteiger partial charge in [0, 0.05) is 19.2 Å². The molecular weight excluding hydrogens is 192 g/mol. The quantitative estimate of drug-likeness (QED) is 0.688. The lowest BCUT2D eigenvalue weighted by atomic mass is 10.2. The third-order valence-electron chi connectivity index (χ3n) is 1.83.